The van der Waals surface area contributed by atoms with Crippen molar-refractivity contribution in [1.82, 2.24) is 9.97 Å². The smallest absolute Gasteiger partial charge is 0.141 e. The SMILES string of the molecule is Cc1ccc2cccc(O)c2n1.Cc1ccc2cccc(O)c2n1.[Al]. The van der Waals surface area contributed by atoms with E-state index in [1.165, 1.54) is 0 Å². The fourth-order valence-corrected chi connectivity index (χ4v) is 2.46. The van der Waals surface area contributed by atoms with Gasteiger partial charge in [0.25, 0.3) is 0 Å². The number of phenols is 2. The van der Waals surface area contributed by atoms with Crippen molar-refractivity contribution in [1.29, 1.82) is 0 Å². The van der Waals surface area contributed by atoms with Crippen LogP contribution in [0.5, 0.6) is 11.5 Å². The molecule has 0 aliphatic heterocycles. The van der Waals surface area contributed by atoms with Crippen LogP contribution in [0.25, 0.3) is 21.8 Å². The number of rotatable bonds is 0. The molecule has 0 spiro atoms. The Hall–Kier alpha value is -2.61. The molecular weight excluding hydrogens is 327 g/mol. The quantitative estimate of drug-likeness (QED) is 0.471. The number of phenolic OH excluding ortho intramolecular Hbond substituents is 2. The van der Waals surface area contributed by atoms with E-state index in [1.807, 2.05) is 62.4 Å². The van der Waals surface area contributed by atoms with Gasteiger partial charge in [-0.05, 0) is 38.1 Å². The van der Waals surface area contributed by atoms with Gasteiger partial charge in [-0.3, -0.25) is 0 Å². The molecule has 3 radical (unpaired) electrons. The molecule has 0 amide bonds. The fourth-order valence-electron chi connectivity index (χ4n) is 2.46. The standard InChI is InChI=1S/2C10H9NO.Al/c2*1-7-5-6-8-3-2-4-9(12)10(8)11-7;/h2*2-6,12H,1H3;. The lowest BCUT2D eigenvalue weighted by Crippen LogP contribution is -1.82. The molecule has 0 unspecified atom stereocenters. The molecule has 2 heterocycles. The summed E-state index contributed by atoms with van der Waals surface area (Å²) in [7, 11) is 0. The molecule has 5 heteroatoms. The molecule has 2 aromatic carbocycles. The molecule has 2 N–H and O–H groups in total. The van der Waals surface area contributed by atoms with Crippen LogP contribution in [-0.2, 0) is 0 Å². The molecule has 0 aliphatic rings. The van der Waals surface area contributed by atoms with Gasteiger partial charge in [0, 0.05) is 39.5 Å². The van der Waals surface area contributed by atoms with E-state index in [2.05, 4.69) is 9.97 Å². The Balaban J connectivity index is 0.000000173. The molecule has 2 aromatic heterocycles. The zero-order valence-corrected chi connectivity index (χ0v) is 15.3. The topological polar surface area (TPSA) is 66.2 Å². The minimum atomic E-state index is 0. The lowest BCUT2D eigenvalue weighted by atomic mass is 10.2. The van der Waals surface area contributed by atoms with E-state index in [0.29, 0.717) is 11.0 Å². The second-order valence-corrected chi connectivity index (χ2v) is 5.60. The lowest BCUT2D eigenvalue weighted by Gasteiger charge is -1.99. The van der Waals surface area contributed by atoms with Gasteiger partial charge in [0.05, 0.1) is 0 Å². The highest BCUT2D eigenvalue weighted by Crippen LogP contribution is 2.22. The highest BCUT2D eigenvalue weighted by atomic mass is 27.0. The van der Waals surface area contributed by atoms with Gasteiger partial charge in [0.1, 0.15) is 22.5 Å². The molecular formula is C20H18AlN2O2. The molecule has 0 saturated carbocycles. The van der Waals surface area contributed by atoms with Crippen LogP contribution in [-0.4, -0.2) is 37.5 Å². The van der Waals surface area contributed by atoms with Gasteiger partial charge in [-0.2, -0.15) is 0 Å². The predicted molar refractivity (Wildman–Crippen MR) is 102 cm³/mol. The molecule has 4 nitrogen and oxygen atoms in total. The van der Waals surface area contributed by atoms with E-state index >= 15 is 0 Å². The number of pyridine rings is 2. The van der Waals surface area contributed by atoms with Crippen LogP contribution in [0.2, 0.25) is 0 Å². The fraction of sp³-hybridized carbons (Fsp3) is 0.100. The predicted octanol–water partition coefficient (Wildman–Crippen LogP) is 4.12. The first kappa shape index (κ1) is 18.7. The number of para-hydroxylation sites is 2. The number of aromatic nitrogens is 2. The summed E-state index contributed by atoms with van der Waals surface area (Å²) in [4.78, 5) is 8.45. The highest BCUT2D eigenvalue weighted by molar-refractivity contribution is 5.84. The van der Waals surface area contributed by atoms with Crippen molar-refractivity contribution >= 4 is 39.2 Å². The summed E-state index contributed by atoms with van der Waals surface area (Å²) in [5, 5.41) is 20.8. The summed E-state index contributed by atoms with van der Waals surface area (Å²) in [5.41, 5.74) is 3.20. The molecule has 4 rings (SSSR count). The molecule has 25 heavy (non-hydrogen) atoms. The number of aryl methyl sites for hydroxylation is 2. The van der Waals surface area contributed by atoms with E-state index in [4.69, 9.17) is 0 Å². The maximum Gasteiger partial charge on any atom is 0.141 e. The van der Waals surface area contributed by atoms with Crippen LogP contribution in [0.15, 0.2) is 60.7 Å². The van der Waals surface area contributed by atoms with E-state index in [-0.39, 0.29) is 28.9 Å². The number of hydrogen-bond acceptors (Lipinski definition) is 4. The maximum absolute atomic E-state index is 9.43. The van der Waals surface area contributed by atoms with Crippen LogP contribution in [0.4, 0.5) is 0 Å². The average Bonchev–Trinajstić information content (AvgIpc) is 2.57. The Morgan fingerprint density at radius 3 is 1.40 bits per heavy atom. The monoisotopic (exact) mass is 345 g/mol. The van der Waals surface area contributed by atoms with Crippen LogP contribution in [0.1, 0.15) is 11.4 Å². The van der Waals surface area contributed by atoms with Gasteiger partial charge in [0.15, 0.2) is 0 Å². The first-order valence-electron chi connectivity index (χ1n) is 7.65. The first-order valence-corrected chi connectivity index (χ1v) is 7.65. The number of aromatic hydroxyl groups is 2. The zero-order chi connectivity index (χ0) is 17.1. The Kier molecular flexibility index (Phi) is 5.98. The molecule has 0 bridgehead atoms. The first-order chi connectivity index (χ1) is 11.5. The Labute approximate surface area is 156 Å². The van der Waals surface area contributed by atoms with Gasteiger partial charge >= 0.3 is 0 Å². The average molecular weight is 345 g/mol. The largest absolute Gasteiger partial charge is 0.506 e. The number of benzene rings is 2. The van der Waals surface area contributed by atoms with Crippen LogP contribution < -0.4 is 0 Å². The summed E-state index contributed by atoms with van der Waals surface area (Å²) in [6.45, 7) is 3.82. The van der Waals surface area contributed by atoms with Crippen molar-refractivity contribution in [3.05, 3.63) is 72.1 Å². The molecule has 0 aliphatic carbocycles. The summed E-state index contributed by atoms with van der Waals surface area (Å²) in [5.74, 6) is 0.493. The maximum atomic E-state index is 9.43. The van der Waals surface area contributed by atoms with Gasteiger partial charge in [-0.1, -0.05) is 36.4 Å². The van der Waals surface area contributed by atoms with Crippen molar-refractivity contribution in [2.45, 2.75) is 13.8 Å². The van der Waals surface area contributed by atoms with E-state index in [0.717, 1.165) is 22.2 Å². The zero-order valence-electron chi connectivity index (χ0n) is 14.1. The van der Waals surface area contributed by atoms with Crippen molar-refractivity contribution in [2.24, 2.45) is 0 Å². The Morgan fingerprint density at radius 1 is 0.600 bits per heavy atom. The van der Waals surface area contributed by atoms with Gasteiger partial charge in [-0.25, -0.2) is 9.97 Å². The van der Waals surface area contributed by atoms with Crippen LogP contribution >= 0.6 is 0 Å². The number of nitrogens with zero attached hydrogens (tertiary/aromatic N) is 2. The second kappa shape index (κ2) is 7.98. The normalized spacial score (nSPS) is 10.0. The summed E-state index contributed by atoms with van der Waals surface area (Å²) < 4.78 is 0. The Morgan fingerprint density at radius 2 is 1.00 bits per heavy atom. The summed E-state index contributed by atoms with van der Waals surface area (Å²) in [6, 6.07) is 18.6. The minimum Gasteiger partial charge on any atom is -0.506 e. The lowest BCUT2D eigenvalue weighted by molar-refractivity contribution is 0.480. The van der Waals surface area contributed by atoms with Gasteiger partial charge in [0.2, 0.25) is 0 Å². The number of hydrogen-bond donors (Lipinski definition) is 2. The van der Waals surface area contributed by atoms with Crippen molar-refractivity contribution in [3.8, 4) is 11.5 Å². The molecule has 0 atom stereocenters. The molecule has 0 fully saturated rings. The third-order valence-corrected chi connectivity index (χ3v) is 3.68. The molecule has 4 aromatic rings. The van der Waals surface area contributed by atoms with Crippen LogP contribution in [0, 0.1) is 13.8 Å². The van der Waals surface area contributed by atoms with Gasteiger partial charge < -0.3 is 10.2 Å². The van der Waals surface area contributed by atoms with E-state index in [1.54, 1.807) is 12.1 Å². The second-order valence-electron chi connectivity index (χ2n) is 5.60. The third kappa shape index (κ3) is 4.27. The van der Waals surface area contributed by atoms with E-state index < -0.39 is 0 Å². The Bertz CT molecular complexity index is 936. The van der Waals surface area contributed by atoms with Crippen LogP contribution in [0.3, 0.4) is 0 Å². The minimum absolute atomic E-state index is 0. The van der Waals surface area contributed by atoms with Crippen molar-refractivity contribution < 1.29 is 10.2 Å². The number of fused-ring (bicyclic) bond motifs is 2. The summed E-state index contributed by atoms with van der Waals surface area (Å²) >= 11 is 0. The third-order valence-electron chi connectivity index (χ3n) is 3.68. The summed E-state index contributed by atoms with van der Waals surface area (Å²) in [6.07, 6.45) is 0. The van der Waals surface area contributed by atoms with Crippen molar-refractivity contribution in [3.63, 3.8) is 0 Å². The molecule has 0 saturated heterocycles. The van der Waals surface area contributed by atoms with E-state index in [9.17, 15) is 10.2 Å². The molecule has 123 valence electrons. The van der Waals surface area contributed by atoms with Gasteiger partial charge in [-0.15, -0.1) is 0 Å². The highest BCUT2D eigenvalue weighted by Gasteiger charge is 1.99. The van der Waals surface area contributed by atoms with Crippen molar-refractivity contribution in [2.75, 3.05) is 0 Å².